The van der Waals surface area contributed by atoms with Crippen molar-refractivity contribution in [1.82, 2.24) is 24.7 Å². The standard InChI is InChI=1S/C10H12F3N7O/c1-2-3-21-9-17-7(19-14)16-8(18-9)20-5-6(4-15-20)10(11,12)13/h4-5H,2-3,14H2,1H3,(H,16,17,18,19). The second-order valence-corrected chi connectivity index (χ2v) is 3.91. The average molecular weight is 303 g/mol. The van der Waals surface area contributed by atoms with Crippen LogP contribution in [0.2, 0.25) is 0 Å². The fraction of sp³-hybridized carbons (Fsp3) is 0.400. The molecule has 0 saturated heterocycles. The summed E-state index contributed by atoms with van der Waals surface area (Å²) in [5, 5.41) is 3.57. The molecule has 0 saturated carbocycles. The minimum Gasteiger partial charge on any atom is -0.463 e. The van der Waals surface area contributed by atoms with Gasteiger partial charge in [0.05, 0.1) is 18.4 Å². The number of nitrogen functional groups attached to an aromatic ring is 1. The van der Waals surface area contributed by atoms with E-state index in [2.05, 4.69) is 25.5 Å². The molecule has 3 N–H and O–H groups in total. The Balaban J connectivity index is 2.36. The third-order valence-electron chi connectivity index (χ3n) is 2.28. The van der Waals surface area contributed by atoms with Crippen molar-refractivity contribution < 1.29 is 17.9 Å². The predicted molar refractivity (Wildman–Crippen MR) is 65.5 cm³/mol. The summed E-state index contributed by atoms with van der Waals surface area (Å²) in [6.45, 7) is 2.23. The van der Waals surface area contributed by atoms with Gasteiger partial charge in [-0.2, -0.15) is 33.2 Å². The van der Waals surface area contributed by atoms with E-state index >= 15 is 0 Å². The number of anilines is 1. The summed E-state index contributed by atoms with van der Waals surface area (Å²) in [6, 6.07) is -0.0566. The van der Waals surface area contributed by atoms with Crippen LogP contribution in [0.1, 0.15) is 18.9 Å². The number of rotatable bonds is 5. The summed E-state index contributed by atoms with van der Waals surface area (Å²) in [4.78, 5) is 11.5. The largest absolute Gasteiger partial charge is 0.463 e. The summed E-state index contributed by atoms with van der Waals surface area (Å²) in [7, 11) is 0. The second kappa shape index (κ2) is 5.91. The molecule has 2 aromatic heterocycles. The maximum Gasteiger partial charge on any atom is 0.419 e. The van der Waals surface area contributed by atoms with Gasteiger partial charge in [-0.1, -0.05) is 6.92 Å². The number of nitrogens with zero attached hydrogens (tertiary/aromatic N) is 5. The van der Waals surface area contributed by atoms with Gasteiger partial charge in [-0.25, -0.2) is 10.5 Å². The first kappa shape index (κ1) is 15.0. The zero-order chi connectivity index (χ0) is 15.5. The van der Waals surface area contributed by atoms with Gasteiger partial charge in [0.1, 0.15) is 0 Å². The van der Waals surface area contributed by atoms with E-state index in [-0.39, 0.29) is 17.9 Å². The maximum atomic E-state index is 12.5. The molecule has 0 aliphatic rings. The van der Waals surface area contributed by atoms with Crippen LogP contribution in [-0.4, -0.2) is 31.3 Å². The van der Waals surface area contributed by atoms with E-state index < -0.39 is 11.7 Å². The molecule has 0 amide bonds. The lowest BCUT2D eigenvalue weighted by Crippen LogP contribution is -2.15. The molecule has 0 aromatic carbocycles. The minimum atomic E-state index is -4.50. The molecule has 0 radical (unpaired) electrons. The number of ether oxygens (including phenoxy) is 1. The van der Waals surface area contributed by atoms with Crippen molar-refractivity contribution in [2.45, 2.75) is 19.5 Å². The quantitative estimate of drug-likeness (QED) is 0.630. The van der Waals surface area contributed by atoms with Crippen LogP contribution >= 0.6 is 0 Å². The van der Waals surface area contributed by atoms with E-state index in [4.69, 9.17) is 10.6 Å². The molecule has 0 aliphatic carbocycles. The number of alkyl halides is 3. The first-order chi connectivity index (χ1) is 9.94. The molecule has 0 fully saturated rings. The molecule has 21 heavy (non-hydrogen) atoms. The molecule has 0 bridgehead atoms. The summed E-state index contributed by atoms with van der Waals surface area (Å²) >= 11 is 0. The van der Waals surface area contributed by atoms with Crippen LogP contribution in [0.4, 0.5) is 19.1 Å². The lowest BCUT2D eigenvalue weighted by Gasteiger charge is -2.07. The highest BCUT2D eigenvalue weighted by Gasteiger charge is 2.32. The zero-order valence-electron chi connectivity index (χ0n) is 10.9. The molecule has 11 heteroatoms. The van der Waals surface area contributed by atoms with Gasteiger partial charge in [-0.05, 0) is 6.42 Å². The van der Waals surface area contributed by atoms with Crippen LogP contribution in [0.5, 0.6) is 6.01 Å². The highest BCUT2D eigenvalue weighted by Crippen LogP contribution is 2.28. The van der Waals surface area contributed by atoms with Gasteiger partial charge in [0.25, 0.3) is 5.95 Å². The molecule has 2 aromatic rings. The van der Waals surface area contributed by atoms with E-state index in [0.717, 1.165) is 10.9 Å². The smallest absolute Gasteiger partial charge is 0.419 e. The molecule has 2 rings (SSSR count). The number of aromatic nitrogens is 5. The fourth-order valence-electron chi connectivity index (χ4n) is 1.35. The normalized spacial score (nSPS) is 11.5. The number of nitrogens with one attached hydrogen (secondary N) is 1. The van der Waals surface area contributed by atoms with E-state index in [9.17, 15) is 13.2 Å². The van der Waals surface area contributed by atoms with Crippen molar-refractivity contribution in [3.05, 3.63) is 18.0 Å². The topological polar surface area (TPSA) is 104 Å². The van der Waals surface area contributed by atoms with E-state index in [0.29, 0.717) is 19.2 Å². The third-order valence-corrected chi connectivity index (χ3v) is 2.28. The van der Waals surface area contributed by atoms with Crippen molar-refractivity contribution in [3.63, 3.8) is 0 Å². The molecule has 2 heterocycles. The van der Waals surface area contributed by atoms with Crippen molar-refractivity contribution >= 4 is 5.95 Å². The van der Waals surface area contributed by atoms with Crippen LogP contribution in [0.3, 0.4) is 0 Å². The summed E-state index contributed by atoms with van der Waals surface area (Å²) < 4.78 is 43.7. The lowest BCUT2D eigenvalue weighted by molar-refractivity contribution is -0.137. The lowest BCUT2D eigenvalue weighted by atomic mass is 10.4. The molecular formula is C10H12F3N7O. The highest BCUT2D eigenvalue weighted by molar-refractivity contribution is 5.29. The molecule has 0 spiro atoms. The Hall–Kier alpha value is -2.43. The molecule has 0 aliphatic heterocycles. The van der Waals surface area contributed by atoms with Crippen LogP contribution in [-0.2, 0) is 6.18 Å². The monoisotopic (exact) mass is 303 g/mol. The highest BCUT2D eigenvalue weighted by atomic mass is 19.4. The number of hydrogen-bond donors (Lipinski definition) is 2. The first-order valence-corrected chi connectivity index (χ1v) is 5.91. The SMILES string of the molecule is CCCOc1nc(NN)nc(-n2cc(C(F)(F)F)cn2)n1. The minimum absolute atomic E-state index is 0.0461. The Bertz CT molecular complexity index is 613. The van der Waals surface area contributed by atoms with Gasteiger partial charge >= 0.3 is 12.2 Å². The van der Waals surface area contributed by atoms with Gasteiger partial charge in [0, 0.05) is 6.20 Å². The van der Waals surface area contributed by atoms with E-state index in [1.807, 2.05) is 6.92 Å². The Morgan fingerprint density at radius 1 is 1.33 bits per heavy atom. The Labute approximate surface area is 117 Å². The number of hydrogen-bond acceptors (Lipinski definition) is 7. The molecule has 0 unspecified atom stereocenters. The van der Waals surface area contributed by atoms with E-state index in [1.165, 1.54) is 0 Å². The Kier molecular flexibility index (Phi) is 4.21. The van der Waals surface area contributed by atoms with Crippen molar-refractivity contribution in [1.29, 1.82) is 0 Å². The Morgan fingerprint density at radius 2 is 2.10 bits per heavy atom. The maximum absolute atomic E-state index is 12.5. The van der Waals surface area contributed by atoms with Gasteiger partial charge in [0.15, 0.2) is 0 Å². The number of nitrogens with two attached hydrogens (primary N) is 1. The van der Waals surface area contributed by atoms with Crippen molar-refractivity contribution in [3.8, 4) is 12.0 Å². The molecule has 114 valence electrons. The third kappa shape index (κ3) is 3.56. The van der Waals surface area contributed by atoms with E-state index in [1.54, 1.807) is 0 Å². The van der Waals surface area contributed by atoms with Crippen LogP contribution in [0.25, 0.3) is 5.95 Å². The van der Waals surface area contributed by atoms with Crippen LogP contribution in [0.15, 0.2) is 12.4 Å². The predicted octanol–water partition coefficient (Wildman–Crippen LogP) is 1.15. The molecule has 0 atom stereocenters. The first-order valence-electron chi connectivity index (χ1n) is 5.91. The summed E-state index contributed by atoms with van der Waals surface area (Å²) in [5.74, 6) is 5.02. The Morgan fingerprint density at radius 3 is 2.67 bits per heavy atom. The van der Waals surface area contributed by atoms with Crippen LogP contribution < -0.4 is 16.0 Å². The summed E-state index contributed by atoms with van der Waals surface area (Å²) in [6.07, 6.45) is -2.35. The number of halogens is 3. The van der Waals surface area contributed by atoms with Crippen LogP contribution in [0, 0.1) is 0 Å². The van der Waals surface area contributed by atoms with Crippen molar-refractivity contribution in [2.75, 3.05) is 12.0 Å². The van der Waals surface area contributed by atoms with Gasteiger partial charge in [-0.3, -0.25) is 5.43 Å². The second-order valence-electron chi connectivity index (χ2n) is 3.91. The number of hydrazine groups is 1. The average Bonchev–Trinajstić information content (AvgIpc) is 2.94. The van der Waals surface area contributed by atoms with Crippen molar-refractivity contribution in [2.24, 2.45) is 5.84 Å². The molecule has 8 nitrogen and oxygen atoms in total. The summed E-state index contributed by atoms with van der Waals surface area (Å²) in [5.41, 5.74) is 1.27. The molecular weight excluding hydrogens is 291 g/mol. The fourth-order valence-corrected chi connectivity index (χ4v) is 1.35. The van der Waals surface area contributed by atoms with Gasteiger partial charge < -0.3 is 4.74 Å². The van der Waals surface area contributed by atoms with Gasteiger partial charge in [0.2, 0.25) is 5.95 Å². The zero-order valence-corrected chi connectivity index (χ0v) is 10.9. The van der Waals surface area contributed by atoms with Gasteiger partial charge in [-0.15, -0.1) is 0 Å².